The molecule has 112 valence electrons. The van der Waals surface area contributed by atoms with E-state index in [1.807, 2.05) is 6.07 Å². The van der Waals surface area contributed by atoms with Gasteiger partial charge >= 0.3 is 0 Å². The minimum absolute atomic E-state index is 0.206. The summed E-state index contributed by atoms with van der Waals surface area (Å²) in [7, 11) is 0. The van der Waals surface area contributed by atoms with Gasteiger partial charge in [0.15, 0.2) is 0 Å². The molecule has 0 saturated carbocycles. The number of rotatable bonds is 6. The lowest BCUT2D eigenvalue weighted by Crippen LogP contribution is -2.27. The third-order valence-corrected chi connectivity index (χ3v) is 4.19. The number of hydrogen-bond acceptors (Lipinski definition) is 2. The summed E-state index contributed by atoms with van der Waals surface area (Å²) in [6.07, 6.45) is 4.36. The zero-order valence-corrected chi connectivity index (χ0v) is 12.8. The lowest BCUT2D eigenvalue weighted by molar-refractivity contribution is 0.0605. The van der Waals surface area contributed by atoms with Crippen LogP contribution in [-0.2, 0) is 4.74 Å². The van der Waals surface area contributed by atoms with E-state index < -0.39 is 0 Å². The van der Waals surface area contributed by atoms with Crippen LogP contribution in [0.25, 0.3) is 0 Å². The third kappa shape index (κ3) is 4.44. The zero-order chi connectivity index (χ0) is 14.4. The van der Waals surface area contributed by atoms with E-state index in [-0.39, 0.29) is 16.9 Å². The first-order valence-electron chi connectivity index (χ1n) is 7.46. The van der Waals surface area contributed by atoms with Crippen LogP contribution in [0.1, 0.15) is 44.2 Å². The minimum atomic E-state index is -0.351. The van der Waals surface area contributed by atoms with Crippen molar-refractivity contribution in [2.45, 2.75) is 38.6 Å². The predicted molar refractivity (Wildman–Crippen MR) is 80.6 cm³/mol. The molecule has 2 nitrogen and oxygen atoms in total. The first-order valence-corrected chi connectivity index (χ1v) is 7.84. The number of halogens is 2. The van der Waals surface area contributed by atoms with E-state index in [0.717, 1.165) is 51.0 Å². The van der Waals surface area contributed by atoms with Gasteiger partial charge in [-0.25, -0.2) is 4.39 Å². The highest BCUT2D eigenvalue weighted by Crippen LogP contribution is 2.29. The van der Waals surface area contributed by atoms with Crippen LogP contribution in [0.5, 0.6) is 0 Å². The molecule has 1 heterocycles. The Morgan fingerprint density at radius 1 is 1.40 bits per heavy atom. The summed E-state index contributed by atoms with van der Waals surface area (Å²) in [5.41, 5.74) is 1.08. The molecule has 0 bridgehead atoms. The molecule has 1 aliphatic rings. The van der Waals surface area contributed by atoms with E-state index >= 15 is 0 Å². The van der Waals surface area contributed by atoms with Crippen molar-refractivity contribution in [3.8, 4) is 0 Å². The van der Waals surface area contributed by atoms with E-state index in [9.17, 15) is 4.39 Å². The standard InChI is InChI=1S/C16H23ClFNO/c1-2-7-19-16(10-12-5-8-20-9-6-12)13-3-4-15(18)14(17)11-13/h3-4,11-12,16,19H,2,5-10H2,1H3. The van der Waals surface area contributed by atoms with E-state index in [0.29, 0.717) is 5.92 Å². The predicted octanol–water partition coefficient (Wildman–Crippen LogP) is 4.34. The fourth-order valence-electron chi connectivity index (χ4n) is 2.70. The molecule has 20 heavy (non-hydrogen) atoms. The Morgan fingerprint density at radius 3 is 2.80 bits per heavy atom. The van der Waals surface area contributed by atoms with Gasteiger partial charge in [-0.05, 0) is 55.8 Å². The molecule has 2 rings (SSSR count). The second-order valence-electron chi connectivity index (χ2n) is 5.47. The Balaban J connectivity index is 2.06. The van der Waals surface area contributed by atoms with Crippen molar-refractivity contribution in [2.75, 3.05) is 19.8 Å². The fourth-order valence-corrected chi connectivity index (χ4v) is 2.89. The van der Waals surface area contributed by atoms with Crippen molar-refractivity contribution >= 4 is 11.6 Å². The molecule has 0 aromatic heterocycles. The van der Waals surface area contributed by atoms with E-state index in [1.54, 1.807) is 6.07 Å². The zero-order valence-electron chi connectivity index (χ0n) is 12.0. The molecular weight excluding hydrogens is 277 g/mol. The van der Waals surface area contributed by atoms with Crippen LogP contribution in [0.3, 0.4) is 0 Å². The van der Waals surface area contributed by atoms with Crippen molar-refractivity contribution in [1.29, 1.82) is 0 Å². The Morgan fingerprint density at radius 2 is 2.15 bits per heavy atom. The highest BCUT2D eigenvalue weighted by Gasteiger charge is 2.20. The Labute approximate surface area is 125 Å². The van der Waals surface area contributed by atoms with Crippen LogP contribution < -0.4 is 5.32 Å². The lowest BCUT2D eigenvalue weighted by Gasteiger charge is -2.27. The van der Waals surface area contributed by atoms with Crippen LogP contribution in [0.2, 0.25) is 5.02 Å². The maximum absolute atomic E-state index is 13.3. The summed E-state index contributed by atoms with van der Waals surface area (Å²) in [5, 5.41) is 3.76. The molecule has 0 aliphatic carbocycles. The first-order chi connectivity index (χ1) is 9.70. The second-order valence-corrected chi connectivity index (χ2v) is 5.88. The molecule has 1 saturated heterocycles. The molecule has 1 unspecified atom stereocenters. The number of hydrogen-bond donors (Lipinski definition) is 1. The van der Waals surface area contributed by atoms with Crippen molar-refractivity contribution in [2.24, 2.45) is 5.92 Å². The van der Waals surface area contributed by atoms with Gasteiger partial charge in [-0.1, -0.05) is 24.6 Å². The molecule has 0 radical (unpaired) electrons. The molecule has 0 amide bonds. The topological polar surface area (TPSA) is 21.3 Å². The monoisotopic (exact) mass is 299 g/mol. The van der Waals surface area contributed by atoms with Gasteiger partial charge in [-0.15, -0.1) is 0 Å². The summed E-state index contributed by atoms with van der Waals surface area (Å²) in [6, 6.07) is 5.30. The third-order valence-electron chi connectivity index (χ3n) is 3.90. The summed E-state index contributed by atoms with van der Waals surface area (Å²) in [4.78, 5) is 0. The summed E-state index contributed by atoms with van der Waals surface area (Å²) < 4.78 is 18.7. The quantitative estimate of drug-likeness (QED) is 0.844. The molecule has 1 aromatic carbocycles. The van der Waals surface area contributed by atoms with Gasteiger partial charge in [0.2, 0.25) is 0 Å². The van der Waals surface area contributed by atoms with Crippen LogP contribution in [0, 0.1) is 11.7 Å². The summed E-state index contributed by atoms with van der Waals surface area (Å²) >= 11 is 5.91. The molecule has 1 aliphatic heterocycles. The second kappa shape index (κ2) is 7.96. The van der Waals surface area contributed by atoms with Gasteiger partial charge in [0.1, 0.15) is 5.82 Å². The van der Waals surface area contributed by atoms with Crippen LogP contribution in [0.4, 0.5) is 4.39 Å². The summed E-state index contributed by atoms with van der Waals surface area (Å²) in [5.74, 6) is 0.317. The van der Waals surface area contributed by atoms with Gasteiger partial charge in [0.25, 0.3) is 0 Å². The van der Waals surface area contributed by atoms with Gasteiger partial charge in [0, 0.05) is 19.3 Å². The highest BCUT2D eigenvalue weighted by atomic mass is 35.5. The van der Waals surface area contributed by atoms with Crippen molar-refractivity contribution < 1.29 is 9.13 Å². The summed E-state index contributed by atoms with van der Waals surface area (Å²) in [6.45, 7) is 4.82. The van der Waals surface area contributed by atoms with E-state index in [1.165, 1.54) is 6.07 Å². The lowest BCUT2D eigenvalue weighted by atomic mass is 9.89. The molecule has 1 N–H and O–H groups in total. The number of nitrogens with one attached hydrogen (secondary N) is 1. The minimum Gasteiger partial charge on any atom is -0.381 e. The first kappa shape index (κ1) is 15.7. The van der Waals surface area contributed by atoms with Crippen LogP contribution in [-0.4, -0.2) is 19.8 Å². The SMILES string of the molecule is CCCNC(CC1CCOCC1)c1ccc(F)c(Cl)c1. The van der Waals surface area contributed by atoms with Crippen LogP contribution in [0.15, 0.2) is 18.2 Å². The van der Waals surface area contributed by atoms with Gasteiger partial charge in [-0.3, -0.25) is 0 Å². The molecule has 1 aromatic rings. The smallest absolute Gasteiger partial charge is 0.141 e. The molecular formula is C16H23ClFNO. The highest BCUT2D eigenvalue weighted by molar-refractivity contribution is 6.30. The van der Waals surface area contributed by atoms with E-state index in [4.69, 9.17) is 16.3 Å². The Hall–Kier alpha value is -0.640. The molecule has 1 fully saturated rings. The fraction of sp³-hybridized carbons (Fsp3) is 0.625. The Kier molecular flexibility index (Phi) is 6.27. The van der Waals surface area contributed by atoms with E-state index in [2.05, 4.69) is 12.2 Å². The average Bonchev–Trinajstić information content (AvgIpc) is 2.47. The molecule has 0 spiro atoms. The van der Waals surface area contributed by atoms with Crippen molar-refractivity contribution in [3.05, 3.63) is 34.6 Å². The van der Waals surface area contributed by atoms with Gasteiger partial charge < -0.3 is 10.1 Å². The maximum atomic E-state index is 13.3. The van der Waals surface area contributed by atoms with Crippen molar-refractivity contribution in [3.63, 3.8) is 0 Å². The number of ether oxygens (including phenoxy) is 1. The van der Waals surface area contributed by atoms with Crippen LogP contribution >= 0.6 is 11.6 Å². The normalized spacial score (nSPS) is 18.1. The van der Waals surface area contributed by atoms with Gasteiger partial charge in [-0.2, -0.15) is 0 Å². The molecule has 4 heteroatoms. The van der Waals surface area contributed by atoms with Gasteiger partial charge in [0.05, 0.1) is 5.02 Å². The number of benzene rings is 1. The Bertz CT molecular complexity index is 421. The average molecular weight is 300 g/mol. The largest absolute Gasteiger partial charge is 0.381 e. The van der Waals surface area contributed by atoms with Crippen molar-refractivity contribution in [1.82, 2.24) is 5.32 Å². The molecule has 1 atom stereocenters. The maximum Gasteiger partial charge on any atom is 0.141 e.